The highest BCUT2D eigenvalue weighted by Gasteiger charge is 2.19. The molecule has 8 aromatic heterocycles. The van der Waals surface area contributed by atoms with Crippen LogP contribution in [-0.4, -0.2) is 124 Å². The first-order valence-corrected chi connectivity index (χ1v) is 23.4. The molecule has 3 atom stereocenters. The first-order valence-electron chi connectivity index (χ1n) is 42.4. The molecular formula is C52H80N16O13. The van der Waals surface area contributed by atoms with Crippen LogP contribution in [0.3, 0.4) is 0 Å². The molecular weight excluding hydrogens is 1060 g/mol. The molecule has 29 nitrogen and oxygen atoms in total. The van der Waals surface area contributed by atoms with E-state index in [1.165, 1.54) is 37.3 Å². The van der Waals surface area contributed by atoms with E-state index in [0.29, 0.717) is 9.13 Å². The average molecular weight is 1180 g/mol. The van der Waals surface area contributed by atoms with Gasteiger partial charge in [0.05, 0.1) is 46.2 Å². The van der Waals surface area contributed by atoms with Crippen molar-refractivity contribution in [2.75, 3.05) is 0 Å². The largest absolute Gasteiger partial charge is 0.393 e. The maximum absolute atomic E-state index is 12.9. The minimum atomic E-state index is -3.58. The van der Waals surface area contributed by atoms with Gasteiger partial charge in [-0.2, -0.15) is 0 Å². The van der Waals surface area contributed by atoms with Crippen LogP contribution in [0.5, 0.6) is 0 Å². The molecule has 5 N–H and O–H groups in total. The van der Waals surface area contributed by atoms with Crippen molar-refractivity contribution >= 4 is 44.7 Å². The number of hydrogen-bond acceptors (Lipinski definition) is 17. The van der Waals surface area contributed by atoms with E-state index in [0.717, 1.165) is 18.3 Å². The number of rotatable bonds is 20. The Morgan fingerprint density at radius 3 is 1.12 bits per heavy atom. The molecule has 0 amide bonds. The molecule has 0 unspecified atom stereocenters. The summed E-state index contributed by atoms with van der Waals surface area (Å²) in [6, 6.07) is 0. The Hall–Kier alpha value is -7.60. The molecule has 8 heterocycles. The zero-order valence-corrected chi connectivity index (χ0v) is 43.2. The van der Waals surface area contributed by atoms with E-state index in [-0.39, 0.29) is 85.6 Å². The fourth-order valence-electron chi connectivity index (χ4n) is 7.47. The number of aliphatic hydroxyl groups excluding tert-OH is 1. The molecule has 0 aliphatic carbocycles. The third-order valence-electron chi connectivity index (χ3n) is 11.3. The van der Waals surface area contributed by atoms with Crippen LogP contribution >= 0.6 is 0 Å². The smallest absolute Gasteiger partial charge is 0.332 e. The van der Waals surface area contributed by atoms with E-state index < -0.39 is 230 Å². The molecule has 0 saturated carbocycles. The normalized spacial score (nSPS) is 22.4. The van der Waals surface area contributed by atoms with Gasteiger partial charge < -0.3 is 43.8 Å². The number of aliphatic hydroxyl groups is 5. The highest BCUT2D eigenvalue weighted by molar-refractivity contribution is 5.71. The molecule has 0 radical (unpaired) electrons. The monoisotopic (exact) mass is 1170 g/mol. The van der Waals surface area contributed by atoms with Gasteiger partial charge in [-0.05, 0) is 97.9 Å². The third-order valence-corrected chi connectivity index (χ3v) is 11.3. The zero-order valence-electron chi connectivity index (χ0n) is 81.2. The van der Waals surface area contributed by atoms with Crippen LogP contribution in [0.25, 0.3) is 44.7 Å². The van der Waals surface area contributed by atoms with Crippen molar-refractivity contribution in [1.82, 2.24) is 74.7 Å². The van der Waals surface area contributed by atoms with E-state index in [2.05, 4.69) is 19.9 Å². The summed E-state index contributed by atoms with van der Waals surface area (Å²) >= 11 is 0. The second kappa shape index (κ2) is 27.7. The van der Waals surface area contributed by atoms with E-state index in [9.17, 15) is 63.9 Å². The summed E-state index contributed by atoms with van der Waals surface area (Å²) in [5.74, 6) is -3.58. The summed E-state index contributed by atoms with van der Waals surface area (Å²) in [5, 5.41) is 48.6. The van der Waals surface area contributed by atoms with Crippen molar-refractivity contribution < 1.29 is 77.6 Å². The van der Waals surface area contributed by atoms with Gasteiger partial charge in [0, 0.05) is 133 Å². The number of hydrogen-bond donors (Lipinski definition) is 5. The van der Waals surface area contributed by atoms with E-state index in [1.54, 1.807) is 0 Å². The maximum atomic E-state index is 12.9. The molecule has 8 aromatic rings. The molecule has 446 valence electrons. The topological polar surface area (TPSA) is 348 Å². The number of aryl methyl sites for hydroxylation is 8. The number of aromatic nitrogens is 16. The maximum Gasteiger partial charge on any atom is 0.332 e. The lowest BCUT2D eigenvalue weighted by atomic mass is 10.1. The SMILES string of the molecule is [2H]c1nc2c(c(=O)n(CCCC([2H])([2H])C(O)(O)C([2H])([2H])[2H])c(=O)n2C)n1C.[2H]c1nc2c(c(=O)n(CCCC([2H])([2H])[C@@]([2H])(O)C([2H])([2H])[2H])c(=O)n2C([2H])([2H])[2H])n1C([2H])([2H])[2H].[2H]c1nc2c(c(=O)n(CCCC([2H])([2H])[C@H](O)C([2H])([2H])[2H])c(=O)n2C)n1C.[2H]c1nc2c(c(=O)n(CCCC([2H])([2H])[C@]([2H])(O)C([2H])([2H])[2H])c(=O)n2C([2H])([2H])[2H])n1C([2H])([2H])[2H]. The van der Waals surface area contributed by atoms with Gasteiger partial charge in [0.1, 0.15) is 5.48 Å². The van der Waals surface area contributed by atoms with E-state index >= 15 is 0 Å². The Labute approximate surface area is 517 Å². The van der Waals surface area contributed by atoms with Crippen LogP contribution in [0.2, 0.25) is 0 Å². The van der Waals surface area contributed by atoms with Crippen molar-refractivity contribution in [3.05, 3.63) is 109 Å². The molecule has 8 rings (SSSR count). The number of nitrogens with zero attached hydrogens (tertiary/aromatic N) is 16. The van der Waals surface area contributed by atoms with Crippen LogP contribution in [0.4, 0.5) is 0 Å². The summed E-state index contributed by atoms with van der Waals surface area (Å²) in [5.41, 5.74) is -11.5. The lowest BCUT2D eigenvalue weighted by molar-refractivity contribution is -0.150. The number of fused-ring (bicyclic) bond motifs is 4. The highest BCUT2D eigenvalue weighted by atomic mass is 16.5. The predicted molar refractivity (Wildman–Crippen MR) is 304 cm³/mol. The van der Waals surface area contributed by atoms with Gasteiger partial charge in [-0.1, -0.05) is 0 Å². The summed E-state index contributed by atoms with van der Waals surface area (Å²) in [6.07, 6.45) is -26.8. The van der Waals surface area contributed by atoms with Crippen molar-refractivity contribution in [2.45, 2.75) is 154 Å². The molecule has 81 heavy (non-hydrogen) atoms. The first kappa shape index (κ1) is 28.9. The van der Waals surface area contributed by atoms with Crippen molar-refractivity contribution in [1.29, 1.82) is 0 Å². The van der Waals surface area contributed by atoms with Gasteiger partial charge in [0.2, 0.25) is 0 Å². The molecule has 0 aromatic carbocycles. The lowest BCUT2D eigenvalue weighted by Gasteiger charge is -2.15. The molecule has 0 spiro atoms. The van der Waals surface area contributed by atoms with Crippen molar-refractivity contribution in [2.24, 2.45) is 56.1 Å². The standard InChI is InChI=1S/C13H20N4O4.3C13H20N4O3/c1-13(20,21)6-4-5-7-17-11(18)9-10(14-8-15(9)2)16(3)12(17)19;3*1-9(18)6-4-5-7-17-12(19)10-11(14-8-15(10)2)16(3)13(17)20/h8,20-21H,4-7H2,1-3H3;3*8-9,18H,4-7H2,1-3H3/t;3*9-/m.110/s1/i1D3,6D2,8D;1D3,2D3,3D3,6D2,8D,9D;1D3,6D2,8D;1D3,2D3,3D3,6D2,8D,9D. The van der Waals surface area contributed by atoms with E-state index in [4.69, 9.17) is 52.1 Å². The minimum Gasteiger partial charge on any atom is -0.393 e. The summed E-state index contributed by atoms with van der Waals surface area (Å²) < 4.78 is 291. The summed E-state index contributed by atoms with van der Waals surface area (Å²) in [6.45, 7) is -27.7. The van der Waals surface area contributed by atoms with Crippen LogP contribution < -0.4 is 45.0 Å². The Morgan fingerprint density at radius 1 is 0.469 bits per heavy atom. The van der Waals surface area contributed by atoms with Gasteiger partial charge in [0.25, 0.3) is 22.2 Å². The Bertz CT molecular complexity index is 5440. The summed E-state index contributed by atoms with van der Waals surface area (Å²) in [7, 11) is 5.69. The predicted octanol–water partition coefficient (Wildman–Crippen LogP) is -0.741. The van der Waals surface area contributed by atoms with Crippen LogP contribution in [0.15, 0.2) is 63.6 Å². The summed E-state index contributed by atoms with van der Waals surface area (Å²) in [4.78, 5) is 116. The molecule has 29 heteroatoms. The van der Waals surface area contributed by atoms with Crippen LogP contribution in [-0.2, 0) is 82.3 Å². The molecule has 0 bridgehead atoms. The lowest BCUT2D eigenvalue weighted by Crippen LogP contribution is -2.39. The highest BCUT2D eigenvalue weighted by Crippen LogP contribution is 2.11. The van der Waals surface area contributed by atoms with Gasteiger partial charge in [0.15, 0.2) is 50.4 Å². The van der Waals surface area contributed by atoms with Gasteiger partial charge in [-0.25, -0.2) is 39.1 Å². The van der Waals surface area contributed by atoms with Crippen molar-refractivity contribution in [3.8, 4) is 0 Å². The second-order valence-corrected chi connectivity index (χ2v) is 17.0. The van der Waals surface area contributed by atoms with Crippen molar-refractivity contribution in [3.63, 3.8) is 0 Å². The fraction of sp³-hybridized carbons (Fsp3) is 0.615. The van der Waals surface area contributed by atoms with Gasteiger partial charge >= 0.3 is 22.8 Å². The third kappa shape index (κ3) is 15.2. The Kier molecular flexibility index (Phi) is 9.89. The molecule has 0 aliphatic rings. The van der Waals surface area contributed by atoms with Gasteiger partial charge in [-0.3, -0.25) is 55.7 Å². The second-order valence-electron chi connectivity index (χ2n) is 17.0. The van der Waals surface area contributed by atoms with Gasteiger partial charge in [-0.15, -0.1) is 0 Å². The Morgan fingerprint density at radius 2 is 0.790 bits per heavy atom. The van der Waals surface area contributed by atoms with Crippen LogP contribution in [0, 0.1) is 0 Å². The Balaban J connectivity index is 0.000000284. The first-order chi connectivity index (χ1) is 53.0. The fourth-order valence-corrected chi connectivity index (χ4v) is 7.47. The molecule has 0 saturated heterocycles. The molecule has 0 fully saturated rings. The minimum absolute atomic E-state index is 0.0197. The average Bonchev–Trinajstić information content (AvgIpc) is 1.59. The zero-order chi connectivity index (χ0) is 92.9. The van der Waals surface area contributed by atoms with Crippen LogP contribution in [0.1, 0.15) is 156 Å². The molecule has 0 aliphatic heterocycles. The number of imidazole rings is 4. The van der Waals surface area contributed by atoms with E-state index in [1.807, 2.05) is 0 Å². The quantitative estimate of drug-likeness (QED) is 0.0587.